The zero-order valence-electron chi connectivity index (χ0n) is 14.0. The second kappa shape index (κ2) is 10.7. The van der Waals surface area contributed by atoms with Gasteiger partial charge in [0.2, 0.25) is 0 Å². The van der Waals surface area contributed by atoms with Crippen LogP contribution in [0.4, 0.5) is 10.1 Å². The van der Waals surface area contributed by atoms with E-state index in [2.05, 4.69) is 20.5 Å². The largest absolute Gasteiger partial charge is 0.374 e. The maximum absolute atomic E-state index is 13.2. The van der Waals surface area contributed by atoms with Gasteiger partial charge in [0.25, 0.3) is 0 Å². The van der Waals surface area contributed by atoms with E-state index in [1.807, 2.05) is 20.2 Å². The minimum atomic E-state index is -0.191. The van der Waals surface area contributed by atoms with Crippen molar-refractivity contribution in [3.8, 4) is 0 Å². The Morgan fingerprint density at radius 2 is 2.09 bits per heavy atom. The summed E-state index contributed by atoms with van der Waals surface area (Å²) < 4.78 is 13.2. The molecule has 1 aromatic carbocycles. The molecule has 0 spiro atoms. The van der Waals surface area contributed by atoms with E-state index in [1.54, 1.807) is 12.1 Å². The highest BCUT2D eigenvalue weighted by Crippen LogP contribution is 2.17. The van der Waals surface area contributed by atoms with E-state index in [1.165, 1.54) is 31.7 Å². The molecular formula is C17H28FIN4. The third-order valence-electron chi connectivity index (χ3n) is 4.13. The Kier molecular flexibility index (Phi) is 9.28. The lowest BCUT2D eigenvalue weighted by atomic mass is 10.2. The molecule has 6 heteroatoms. The standard InChI is InChI=1S/C17H27FN4.HI/c1-19-17(21-15-8-3-4-9-15)20-11-6-12-22(2)16-10-5-7-14(18)13-16;/h5,7,10,13,15H,3-4,6,8-9,11-12H2,1-2H3,(H2,19,20,21);1H. The fourth-order valence-corrected chi connectivity index (χ4v) is 2.82. The highest BCUT2D eigenvalue weighted by Gasteiger charge is 2.15. The molecule has 0 heterocycles. The number of guanidine groups is 1. The summed E-state index contributed by atoms with van der Waals surface area (Å²) in [5, 5.41) is 6.82. The van der Waals surface area contributed by atoms with Crippen LogP contribution in [0, 0.1) is 5.82 Å². The van der Waals surface area contributed by atoms with Gasteiger partial charge >= 0.3 is 0 Å². The molecule has 4 nitrogen and oxygen atoms in total. The first kappa shape index (κ1) is 20.0. The molecule has 0 radical (unpaired) electrons. The lowest BCUT2D eigenvalue weighted by molar-refractivity contribution is 0.610. The van der Waals surface area contributed by atoms with Gasteiger partial charge in [0.1, 0.15) is 5.82 Å². The van der Waals surface area contributed by atoms with Gasteiger partial charge in [-0.25, -0.2) is 4.39 Å². The Morgan fingerprint density at radius 1 is 1.35 bits per heavy atom. The Bertz CT molecular complexity index is 489. The number of nitrogens with zero attached hydrogens (tertiary/aromatic N) is 2. The molecule has 2 N–H and O–H groups in total. The first-order valence-corrected chi connectivity index (χ1v) is 8.13. The van der Waals surface area contributed by atoms with Gasteiger partial charge in [0.15, 0.2) is 5.96 Å². The molecule has 0 unspecified atom stereocenters. The lowest BCUT2D eigenvalue weighted by Gasteiger charge is -2.20. The zero-order chi connectivity index (χ0) is 15.8. The topological polar surface area (TPSA) is 39.7 Å². The van der Waals surface area contributed by atoms with Crippen LogP contribution in [0.3, 0.4) is 0 Å². The normalized spacial score (nSPS) is 15.2. The number of benzene rings is 1. The molecule has 2 rings (SSSR count). The van der Waals surface area contributed by atoms with E-state index in [0.717, 1.165) is 31.2 Å². The summed E-state index contributed by atoms with van der Waals surface area (Å²) in [5.41, 5.74) is 0.911. The summed E-state index contributed by atoms with van der Waals surface area (Å²) in [6.07, 6.45) is 6.07. The average Bonchev–Trinajstić information content (AvgIpc) is 3.03. The Morgan fingerprint density at radius 3 is 2.74 bits per heavy atom. The molecule has 1 fully saturated rings. The van der Waals surface area contributed by atoms with E-state index in [0.29, 0.717) is 6.04 Å². The lowest BCUT2D eigenvalue weighted by Crippen LogP contribution is -2.43. The van der Waals surface area contributed by atoms with E-state index in [-0.39, 0.29) is 29.8 Å². The van der Waals surface area contributed by atoms with Crippen molar-refractivity contribution < 1.29 is 4.39 Å². The van der Waals surface area contributed by atoms with Gasteiger partial charge in [-0.1, -0.05) is 18.9 Å². The first-order valence-electron chi connectivity index (χ1n) is 8.13. The first-order chi connectivity index (χ1) is 10.7. The third-order valence-corrected chi connectivity index (χ3v) is 4.13. The number of hydrogen-bond acceptors (Lipinski definition) is 2. The van der Waals surface area contributed by atoms with Crippen LogP contribution < -0.4 is 15.5 Å². The van der Waals surface area contributed by atoms with Gasteiger partial charge in [-0.05, 0) is 37.5 Å². The van der Waals surface area contributed by atoms with Gasteiger partial charge < -0.3 is 15.5 Å². The van der Waals surface area contributed by atoms with Crippen LogP contribution in [0.1, 0.15) is 32.1 Å². The van der Waals surface area contributed by atoms with Crippen molar-refractivity contribution in [1.82, 2.24) is 10.6 Å². The number of rotatable bonds is 6. The van der Waals surface area contributed by atoms with Crippen molar-refractivity contribution in [2.75, 3.05) is 32.1 Å². The molecule has 0 aliphatic heterocycles. The SMILES string of the molecule is CN=C(NCCCN(C)c1cccc(F)c1)NC1CCCC1.I. The second-order valence-corrected chi connectivity index (χ2v) is 5.88. The van der Waals surface area contributed by atoms with Crippen molar-refractivity contribution in [3.05, 3.63) is 30.1 Å². The fourth-order valence-electron chi connectivity index (χ4n) is 2.82. The molecule has 0 amide bonds. The smallest absolute Gasteiger partial charge is 0.191 e. The van der Waals surface area contributed by atoms with Crippen molar-refractivity contribution in [2.24, 2.45) is 4.99 Å². The molecule has 130 valence electrons. The van der Waals surface area contributed by atoms with Crippen molar-refractivity contribution in [2.45, 2.75) is 38.1 Å². The van der Waals surface area contributed by atoms with Gasteiger partial charge in [-0.15, -0.1) is 24.0 Å². The van der Waals surface area contributed by atoms with Crippen LogP contribution in [-0.2, 0) is 0 Å². The summed E-state index contributed by atoms with van der Waals surface area (Å²) in [4.78, 5) is 6.34. The maximum Gasteiger partial charge on any atom is 0.191 e. The number of hydrogen-bond donors (Lipinski definition) is 2. The Balaban J connectivity index is 0.00000264. The molecule has 1 saturated carbocycles. The Labute approximate surface area is 156 Å². The number of anilines is 1. The van der Waals surface area contributed by atoms with Crippen LogP contribution in [0.25, 0.3) is 0 Å². The minimum absolute atomic E-state index is 0. The number of nitrogens with one attached hydrogen (secondary N) is 2. The maximum atomic E-state index is 13.2. The molecule has 0 atom stereocenters. The van der Waals surface area contributed by atoms with Gasteiger partial charge in [0.05, 0.1) is 0 Å². The van der Waals surface area contributed by atoms with Crippen LogP contribution >= 0.6 is 24.0 Å². The average molecular weight is 434 g/mol. The number of aliphatic imine (C=N–C) groups is 1. The summed E-state index contributed by atoms with van der Waals surface area (Å²) in [6.45, 7) is 1.73. The molecule has 23 heavy (non-hydrogen) atoms. The van der Waals surface area contributed by atoms with E-state index < -0.39 is 0 Å². The van der Waals surface area contributed by atoms with Crippen LogP contribution in [-0.4, -0.2) is 39.2 Å². The van der Waals surface area contributed by atoms with Crippen LogP contribution in [0.15, 0.2) is 29.3 Å². The van der Waals surface area contributed by atoms with Gasteiger partial charge in [-0.3, -0.25) is 4.99 Å². The van der Waals surface area contributed by atoms with Gasteiger partial charge in [0, 0.05) is 38.9 Å². The highest BCUT2D eigenvalue weighted by molar-refractivity contribution is 14.0. The van der Waals surface area contributed by atoms with E-state index >= 15 is 0 Å². The molecule has 1 aliphatic carbocycles. The molecule has 1 aromatic rings. The fraction of sp³-hybridized carbons (Fsp3) is 0.588. The summed E-state index contributed by atoms with van der Waals surface area (Å²) in [5.74, 6) is 0.698. The van der Waals surface area contributed by atoms with Crippen LogP contribution in [0.2, 0.25) is 0 Å². The predicted molar refractivity (Wildman–Crippen MR) is 106 cm³/mol. The van der Waals surface area contributed by atoms with Crippen molar-refractivity contribution >= 4 is 35.6 Å². The van der Waals surface area contributed by atoms with Gasteiger partial charge in [-0.2, -0.15) is 0 Å². The third kappa shape index (κ3) is 6.93. The van der Waals surface area contributed by atoms with Crippen LogP contribution in [0.5, 0.6) is 0 Å². The second-order valence-electron chi connectivity index (χ2n) is 5.88. The molecule has 0 aromatic heterocycles. The highest BCUT2D eigenvalue weighted by atomic mass is 127. The van der Waals surface area contributed by atoms with Crippen molar-refractivity contribution in [1.29, 1.82) is 0 Å². The quantitative estimate of drug-likeness (QED) is 0.312. The number of halogens is 2. The van der Waals surface area contributed by atoms with Crippen molar-refractivity contribution in [3.63, 3.8) is 0 Å². The van der Waals surface area contributed by atoms with E-state index in [4.69, 9.17) is 0 Å². The minimum Gasteiger partial charge on any atom is -0.374 e. The molecule has 0 bridgehead atoms. The predicted octanol–water partition coefficient (Wildman–Crippen LogP) is 3.38. The summed E-state index contributed by atoms with van der Waals surface area (Å²) in [6, 6.07) is 7.27. The monoisotopic (exact) mass is 434 g/mol. The zero-order valence-corrected chi connectivity index (χ0v) is 16.3. The van der Waals surface area contributed by atoms with E-state index in [9.17, 15) is 4.39 Å². The Hall–Kier alpha value is -1.05. The molecular weight excluding hydrogens is 406 g/mol. The summed E-state index contributed by atoms with van der Waals surface area (Å²) in [7, 11) is 3.80. The summed E-state index contributed by atoms with van der Waals surface area (Å²) >= 11 is 0. The molecule has 1 aliphatic rings. The molecule has 0 saturated heterocycles.